The van der Waals surface area contributed by atoms with E-state index in [9.17, 15) is 9.59 Å². The summed E-state index contributed by atoms with van der Waals surface area (Å²) in [6.07, 6.45) is -0.00679. The number of benzene rings is 1. The summed E-state index contributed by atoms with van der Waals surface area (Å²) in [5, 5.41) is 11.9. The smallest absolute Gasteiger partial charge is 0.304 e. The Balaban J connectivity index is 2.66. The van der Waals surface area contributed by atoms with Crippen LogP contribution in [0.5, 0.6) is 5.75 Å². The number of carbonyl (C=O) groups is 2. The van der Waals surface area contributed by atoms with Gasteiger partial charge in [-0.3, -0.25) is 14.5 Å². The maximum Gasteiger partial charge on any atom is 0.304 e. The first kappa shape index (κ1) is 17.3. The summed E-state index contributed by atoms with van der Waals surface area (Å²) >= 11 is 6.00. The number of carbonyl (C=O) groups excluding carboxylic acids is 1. The van der Waals surface area contributed by atoms with Crippen molar-refractivity contribution in [3.05, 3.63) is 22.7 Å². The molecule has 2 N–H and O–H groups in total. The standard InChI is InChI=1S/C14H19ClN2O4/c1-9-6-11(12(21-3)7-10(9)15)16-13(18)8-17(2)5-4-14(19)20/h6-7H,4-5,8H2,1-3H3,(H,16,18)(H,19,20). The quantitative estimate of drug-likeness (QED) is 0.805. The number of anilines is 1. The highest BCUT2D eigenvalue weighted by molar-refractivity contribution is 6.31. The van der Waals surface area contributed by atoms with Crippen LogP contribution in [0.2, 0.25) is 5.02 Å². The number of nitrogens with zero attached hydrogens (tertiary/aromatic N) is 1. The largest absolute Gasteiger partial charge is 0.495 e. The summed E-state index contributed by atoms with van der Waals surface area (Å²) in [7, 11) is 3.18. The first-order valence-electron chi connectivity index (χ1n) is 6.37. The summed E-state index contributed by atoms with van der Waals surface area (Å²) in [6.45, 7) is 2.23. The lowest BCUT2D eigenvalue weighted by Gasteiger charge is -2.16. The van der Waals surface area contributed by atoms with Gasteiger partial charge < -0.3 is 15.2 Å². The Hall–Kier alpha value is -1.79. The zero-order chi connectivity index (χ0) is 16.0. The van der Waals surface area contributed by atoms with Crippen molar-refractivity contribution in [1.29, 1.82) is 0 Å². The predicted octanol–water partition coefficient (Wildman–Crippen LogP) is 2.00. The van der Waals surface area contributed by atoms with Gasteiger partial charge in [0.2, 0.25) is 5.91 Å². The van der Waals surface area contributed by atoms with Gasteiger partial charge in [0, 0.05) is 17.6 Å². The minimum absolute atomic E-state index is 0.00679. The molecule has 0 saturated carbocycles. The molecular weight excluding hydrogens is 296 g/mol. The zero-order valence-electron chi connectivity index (χ0n) is 12.3. The first-order chi connectivity index (χ1) is 9.83. The molecule has 21 heavy (non-hydrogen) atoms. The highest BCUT2D eigenvalue weighted by Gasteiger charge is 2.12. The molecule has 0 aliphatic carbocycles. The van der Waals surface area contributed by atoms with E-state index in [1.807, 2.05) is 6.92 Å². The lowest BCUT2D eigenvalue weighted by molar-refractivity contribution is -0.137. The van der Waals surface area contributed by atoms with Crippen molar-refractivity contribution in [2.45, 2.75) is 13.3 Å². The molecule has 0 aromatic heterocycles. The number of carboxylic acid groups (broad SMARTS) is 1. The fourth-order valence-electron chi connectivity index (χ4n) is 1.73. The predicted molar refractivity (Wildman–Crippen MR) is 81.1 cm³/mol. The lowest BCUT2D eigenvalue weighted by atomic mass is 10.2. The van der Waals surface area contributed by atoms with E-state index in [-0.39, 0.29) is 18.9 Å². The van der Waals surface area contributed by atoms with E-state index in [1.54, 1.807) is 24.1 Å². The molecule has 7 heteroatoms. The average Bonchev–Trinajstić information content (AvgIpc) is 2.40. The van der Waals surface area contributed by atoms with Gasteiger partial charge in [0.25, 0.3) is 0 Å². The molecule has 1 rings (SSSR count). The van der Waals surface area contributed by atoms with E-state index in [2.05, 4.69) is 5.32 Å². The Bertz CT molecular complexity index is 534. The first-order valence-corrected chi connectivity index (χ1v) is 6.75. The van der Waals surface area contributed by atoms with Crippen LogP contribution in [0.4, 0.5) is 5.69 Å². The number of nitrogens with one attached hydrogen (secondary N) is 1. The third-order valence-electron chi connectivity index (χ3n) is 2.88. The molecule has 1 aromatic rings. The summed E-state index contributed by atoms with van der Waals surface area (Å²) in [6, 6.07) is 3.37. The van der Waals surface area contributed by atoms with E-state index in [1.165, 1.54) is 7.11 Å². The Kier molecular flexibility index (Phi) is 6.45. The van der Waals surface area contributed by atoms with Crippen LogP contribution in [0, 0.1) is 6.92 Å². The highest BCUT2D eigenvalue weighted by Crippen LogP contribution is 2.30. The average molecular weight is 315 g/mol. The van der Waals surface area contributed by atoms with Gasteiger partial charge in [-0.15, -0.1) is 0 Å². The van der Waals surface area contributed by atoms with Crippen molar-refractivity contribution >= 4 is 29.2 Å². The molecule has 0 atom stereocenters. The molecule has 6 nitrogen and oxygen atoms in total. The van der Waals surface area contributed by atoms with Crippen LogP contribution < -0.4 is 10.1 Å². The van der Waals surface area contributed by atoms with E-state index in [0.717, 1.165) is 5.56 Å². The van der Waals surface area contributed by atoms with Crippen LogP contribution in [-0.4, -0.2) is 49.1 Å². The Labute approximate surface area is 128 Å². The topological polar surface area (TPSA) is 78.9 Å². The zero-order valence-corrected chi connectivity index (χ0v) is 13.0. The van der Waals surface area contributed by atoms with E-state index in [4.69, 9.17) is 21.4 Å². The SMILES string of the molecule is COc1cc(Cl)c(C)cc1NC(=O)CN(C)CCC(=O)O. The van der Waals surface area contributed by atoms with Crippen molar-refractivity contribution in [3.8, 4) is 5.75 Å². The van der Waals surface area contributed by atoms with Crippen LogP contribution in [0.15, 0.2) is 12.1 Å². The molecule has 0 aliphatic rings. The fourth-order valence-corrected chi connectivity index (χ4v) is 1.88. The Morgan fingerprint density at radius 1 is 1.43 bits per heavy atom. The van der Waals surface area contributed by atoms with Crippen LogP contribution >= 0.6 is 11.6 Å². The molecule has 0 bridgehead atoms. The number of halogens is 1. The molecule has 0 aliphatic heterocycles. The second-order valence-electron chi connectivity index (χ2n) is 4.73. The van der Waals surface area contributed by atoms with Gasteiger partial charge in [0.1, 0.15) is 5.75 Å². The molecular formula is C14H19ClN2O4. The maximum atomic E-state index is 11.9. The second-order valence-corrected chi connectivity index (χ2v) is 5.14. The number of hydrogen-bond donors (Lipinski definition) is 2. The number of likely N-dealkylation sites (N-methyl/N-ethyl adjacent to an activating group) is 1. The highest BCUT2D eigenvalue weighted by atomic mass is 35.5. The molecule has 0 radical (unpaired) electrons. The molecule has 1 aromatic carbocycles. The van der Waals surface area contributed by atoms with Crippen LogP contribution in [-0.2, 0) is 9.59 Å². The third-order valence-corrected chi connectivity index (χ3v) is 3.28. The molecule has 0 heterocycles. The van der Waals surface area contributed by atoms with Gasteiger partial charge in [-0.1, -0.05) is 11.6 Å². The van der Waals surface area contributed by atoms with Gasteiger partial charge in [0.15, 0.2) is 0 Å². The third kappa shape index (κ3) is 5.61. The Morgan fingerprint density at radius 2 is 2.10 bits per heavy atom. The van der Waals surface area contributed by atoms with Crippen molar-refractivity contribution in [1.82, 2.24) is 4.90 Å². The molecule has 116 valence electrons. The molecule has 0 spiro atoms. The number of aryl methyl sites for hydroxylation is 1. The fraction of sp³-hybridized carbons (Fsp3) is 0.429. The summed E-state index contributed by atoms with van der Waals surface area (Å²) < 4.78 is 5.18. The monoisotopic (exact) mass is 314 g/mol. The number of carboxylic acids is 1. The lowest BCUT2D eigenvalue weighted by Crippen LogP contribution is -2.31. The van der Waals surface area contributed by atoms with Gasteiger partial charge in [-0.2, -0.15) is 0 Å². The van der Waals surface area contributed by atoms with Gasteiger partial charge >= 0.3 is 5.97 Å². The summed E-state index contributed by atoms with van der Waals surface area (Å²) in [5.41, 5.74) is 1.36. The van der Waals surface area contributed by atoms with E-state index in [0.29, 0.717) is 23.0 Å². The van der Waals surface area contributed by atoms with Crippen LogP contribution in [0.3, 0.4) is 0 Å². The van der Waals surface area contributed by atoms with Gasteiger partial charge in [-0.05, 0) is 25.6 Å². The number of aliphatic carboxylic acids is 1. The van der Waals surface area contributed by atoms with Crippen molar-refractivity contribution < 1.29 is 19.4 Å². The normalized spacial score (nSPS) is 10.5. The maximum absolute atomic E-state index is 11.9. The number of rotatable bonds is 7. The summed E-state index contributed by atoms with van der Waals surface area (Å²) in [5.74, 6) is -0.660. The second kappa shape index (κ2) is 7.85. The number of ether oxygens (including phenoxy) is 1. The van der Waals surface area contributed by atoms with Crippen molar-refractivity contribution in [2.75, 3.05) is 32.6 Å². The molecule has 0 fully saturated rings. The van der Waals surface area contributed by atoms with Crippen LogP contribution in [0.1, 0.15) is 12.0 Å². The number of hydrogen-bond acceptors (Lipinski definition) is 4. The van der Waals surface area contributed by atoms with Crippen molar-refractivity contribution in [2.24, 2.45) is 0 Å². The van der Waals surface area contributed by atoms with Gasteiger partial charge in [0.05, 0.1) is 25.8 Å². The van der Waals surface area contributed by atoms with E-state index < -0.39 is 5.97 Å². The molecule has 0 unspecified atom stereocenters. The van der Waals surface area contributed by atoms with Crippen LogP contribution in [0.25, 0.3) is 0 Å². The number of methoxy groups -OCH3 is 1. The van der Waals surface area contributed by atoms with Crippen molar-refractivity contribution in [3.63, 3.8) is 0 Å². The number of amides is 1. The minimum Gasteiger partial charge on any atom is -0.495 e. The summed E-state index contributed by atoms with van der Waals surface area (Å²) in [4.78, 5) is 24.1. The van der Waals surface area contributed by atoms with Gasteiger partial charge in [-0.25, -0.2) is 0 Å². The molecule has 0 saturated heterocycles. The Morgan fingerprint density at radius 3 is 2.67 bits per heavy atom. The van der Waals surface area contributed by atoms with E-state index >= 15 is 0 Å². The minimum atomic E-state index is -0.891. The molecule has 1 amide bonds.